The van der Waals surface area contributed by atoms with Gasteiger partial charge in [-0.2, -0.15) is 0 Å². The number of ether oxygens (including phenoxy) is 2. The van der Waals surface area contributed by atoms with E-state index in [-0.39, 0.29) is 0 Å². The van der Waals surface area contributed by atoms with Gasteiger partial charge < -0.3 is 19.3 Å². The number of nitrogens with one attached hydrogen (secondary N) is 2. The van der Waals surface area contributed by atoms with Gasteiger partial charge in [0, 0.05) is 31.2 Å². The molecule has 4 nitrogen and oxygen atoms in total. The van der Waals surface area contributed by atoms with Crippen LogP contribution in [-0.2, 0) is 13.2 Å². The highest BCUT2D eigenvalue weighted by Crippen LogP contribution is 2.28. The van der Waals surface area contributed by atoms with Crippen LogP contribution in [-0.4, -0.2) is 39.3 Å². The van der Waals surface area contributed by atoms with E-state index in [4.69, 9.17) is 9.47 Å². The van der Waals surface area contributed by atoms with E-state index in [1.165, 1.54) is 63.0 Å². The Balaban J connectivity index is 1.34. The molecule has 2 saturated heterocycles. The first kappa shape index (κ1) is 19.3. The Morgan fingerprint density at radius 1 is 0.857 bits per heavy atom. The number of likely N-dealkylation sites (tertiary alicyclic amines) is 2. The minimum Gasteiger partial charge on any atom is -0.493 e. The number of hydrogen-bond acceptors (Lipinski definition) is 2. The summed E-state index contributed by atoms with van der Waals surface area (Å²) in [7, 11) is 1.71. The van der Waals surface area contributed by atoms with Crippen molar-refractivity contribution in [1.29, 1.82) is 0 Å². The summed E-state index contributed by atoms with van der Waals surface area (Å²) < 4.78 is 11.6. The average Bonchev–Trinajstić information content (AvgIpc) is 3.29. The fraction of sp³-hybridized carbons (Fsp3) is 0.500. The second kappa shape index (κ2) is 9.44. The highest BCUT2D eigenvalue weighted by atomic mass is 16.5. The monoisotopic (exact) mass is 382 g/mol. The normalized spacial score (nSPS) is 22.9. The van der Waals surface area contributed by atoms with E-state index >= 15 is 0 Å². The first-order valence-corrected chi connectivity index (χ1v) is 10.8. The summed E-state index contributed by atoms with van der Waals surface area (Å²) in [5.41, 5.74) is 2.51. The molecule has 28 heavy (non-hydrogen) atoms. The lowest BCUT2D eigenvalue weighted by Crippen LogP contribution is -3.19. The van der Waals surface area contributed by atoms with E-state index in [9.17, 15) is 0 Å². The summed E-state index contributed by atoms with van der Waals surface area (Å²) in [6.45, 7) is 7.03. The molecule has 4 rings (SSSR count). The number of rotatable bonds is 7. The molecule has 2 aliphatic rings. The fourth-order valence-corrected chi connectivity index (χ4v) is 4.82. The molecule has 2 aromatic carbocycles. The van der Waals surface area contributed by atoms with Crippen LogP contribution in [0.5, 0.6) is 11.5 Å². The third-order valence-electron chi connectivity index (χ3n) is 6.44. The minimum absolute atomic E-state index is 0.567. The third kappa shape index (κ3) is 4.86. The van der Waals surface area contributed by atoms with E-state index < -0.39 is 0 Å². The molecule has 0 unspecified atom stereocenters. The van der Waals surface area contributed by atoms with Crippen molar-refractivity contribution in [2.24, 2.45) is 0 Å². The molecule has 2 heterocycles. The van der Waals surface area contributed by atoms with Gasteiger partial charge in [-0.3, -0.25) is 0 Å². The first-order chi connectivity index (χ1) is 13.8. The maximum absolute atomic E-state index is 6.09. The molecule has 150 valence electrons. The summed E-state index contributed by atoms with van der Waals surface area (Å²) in [6, 6.07) is 17.6. The van der Waals surface area contributed by atoms with Crippen molar-refractivity contribution in [2.75, 3.05) is 33.3 Å². The fourth-order valence-electron chi connectivity index (χ4n) is 4.82. The van der Waals surface area contributed by atoms with Gasteiger partial charge in [-0.05, 0) is 23.8 Å². The summed E-state index contributed by atoms with van der Waals surface area (Å²) in [5, 5.41) is 0. The zero-order valence-electron chi connectivity index (χ0n) is 17.1. The number of benzene rings is 2. The molecule has 0 saturated carbocycles. The molecule has 2 fully saturated rings. The molecule has 2 aliphatic heterocycles. The summed E-state index contributed by atoms with van der Waals surface area (Å²) in [4.78, 5) is 3.58. The van der Waals surface area contributed by atoms with Crippen LogP contribution < -0.4 is 19.3 Å². The second-order valence-corrected chi connectivity index (χ2v) is 8.33. The van der Waals surface area contributed by atoms with Crippen LogP contribution in [0.2, 0.25) is 0 Å². The highest BCUT2D eigenvalue weighted by Gasteiger charge is 2.31. The van der Waals surface area contributed by atoms with Gasteiger partial charge in [0.2, 0.25) is 0 Å². The summed E-state index contributed by atoms with van der Waals surface area (Å²) in [6.07, 6.45) is 5.61. The highest BCUT2D eigenvalue weighted by molar-refractivity contribution is 5.43. The van der Waals surface area contributed by atoms with Gasteiger partial charge in [-0.15, -0.1) is 0 Å². The van der Waals surface area contributed by atoms with Crippen molar-refractivity contribution in [3.8, 4) is 11.5 Å². The molecular weight excluding hydrogens is 348 g/mol. The topological polar surface area (TPSA) is 27.3 Å². The van der Waals surface area contributed by atoms with Crippen LogP contribution in [0.15, 0.2) is 48.5 Å². The number of piperidine rings is 1. The SMILES string of the molecule is COc1ccc(C[NH+]2CCC([NH+]3CCCC3)CC2)cc1OCc1ccccc1. The van der Waals surface area contributed by atoms with E-state index in [1.54, 1.807) is 12.0 Å². The smallest absolute Gasteiger partial charge is 0.162 e. The maximum Gasteiger partial charge on any atom is 0.162 e. The molecule has 0 bridgehead atoms. The van der Waals surface area contributed by atoms with Gasteiger partial charge >= 0.3 is 0 Å². The van der Waals surface area contributed by atoms with Crippen LogP contribution in [0.4, 0.5) is 0 Å². The largest absolute Gasteiger partial charge is 0.493 e. The summed E-state index contributed by atoms with van der Waals surface area (Å²) >= 11 is 0. The molecule has 0 atom stereocenters. The molecule has 0 aliphatic carbocycles. The van der Waals surface area contributed by atoms with Gasteiger partial charge in [-0.25, -0.2) is 0 Å². The number of quaternary nitrogens is 2. The lowest BCUT2D eigenvalue weighted by molar-refractivity contribution is -0.957. The number of hydrogen-bond donors (Lipinski definition) is 2. The van der Waals surface area contributed by atoms with Crippen LogP contribution in [0.1, 0.15) is 36.8 Å². The Morgan fingerprint density at radius 3 is 2.32 bits per heavy atom. The van der Waals surface area contributed by atoms with Crippen molar-refractivity contribution in [2.45, 2.75) is 44.9 Å². The van der Waals surface area contributed by atoms with Gasteiger partial charge in [0.05, 0.1) is 39.3 Å². The zero-order chi connectivity index (χ0) is 19.2. The molecule has 0 amide bonds. The zero-order valence-corrected chi connectivity index (χ0v) is 17.1. The first-order valence-electron chi connectivity index (χ1n) is 10.8. The van der Waals surface area contributed by atoms with E-state index in [1.807, 2.05) is 23.1 Å². The molecule has 0 aromatic heterocycles. The molecule has 0 spiro atoms. The van der Waals surface area contributed by atoms with Crippen LogP contribution in [0, 0.1) is 0 Å². The Hall–Kier alpha value is -2.04. The summed E-state index contributed by atoms with van der Waals surface area (Å²) in [5.74, 6) is 1.66. The van der Waals surface area contributed by atoms with Crippen molar-refractivity contribution in [1.82, 2.24) is 0 Å². The lowest BCUT2D eigenvalue weighted by atomic mass is 10.0. The Morgan fingerprint density at radius 2 is 1.61 bits per heavy atom. The van der Waals surface area contributed by atoms with Gasteiger partial charge in [-0.1, -0.05) is 30.3 Å². The molecule has 0 radical (unpaired) electrons. The average molecular weight is 383 g/mol. The standard InChI is InChI=1S/C24H32N2O2/c1-27-23-10-9-21(17-24(23)28-19-20-7-3-2-4-8-20)18-25-15-11-22(12-16-25)26-13-5-6-14-26/h2-4,7-10,17,22H,5-6,11-16,18-19H2,1H3/p+2. The van der Waals surface area contributed by atoms with Crippen molar-refractivity contribution in [3.63, 3.8) is 0 Å². The van der Waals surface area contributed by atoms with E-state index in [0.29, 0.717) is 6.61 Å². The number of methoxy groups -OCH3 is 1. The van der Waals surface area contributed by atoms with Gasteiger partial charge in [0.15, 0.2) is 11.5 Å². The van der Waals surface area contributed by atoms with Gasteiger partial charge in [0.25, 0.3) is 0 Å². The van der Waals surface area contributed by atoms with Crippen molar-refractivity contribution >= 4 is 0 Å². The van der Waals surface area contributed by atoms with Crippen LogP contribution in [0.25, 0.3) is 0 Å². The van der Waals surface area contributed by atoms with E-state index in [0.717, 1.165) is 24.1 Å². The van der Waals surface area contributed by atoms with Crippen molar-refractivity contribution in [3.05, 3.63) is 59.7 Å². The van der Waals surface area contributed by atoms with Crippen LogP contribution in [0.3, 0.4) is 0 Å². The predicted octanol–water partition coefficient (Wildman–Crippen LogP) is 1.50. The minimum atomic E-state index is 0.567. The maximum atomic E-state index is 6.09. The second-order valence-electron chi connectivity index (χ2n) is 8.33. The Bertz CT molecular complexity index is 736. The molecule has 4 heteroatoms. The molecule has 2 N–H and O–H groups in total. The van der Waals surface area contributed by atoms with Crippen molar-refractivity contribution < 1.29 is 19.3 Å². The quantitative estimate of drug-likeness (QED) is 0.760. The molecule has 2 aromatic rings. The Labute approximate surface area is 169 Å². The predicted molar refractivity (Wildman–Crippen MR) is 111 cm³/mol. The van der Waals surface area contributed by atoms with Crippen LogP contribution >= 0.6 is 0 Å². The third-order valence-corrected chi connectivity index (χ3v) is 6.44. The van der Waals surface area contributed by atoms with Gasteiger partial charge in [0.1, 0.15) is 13.2 Å². The Kier molecular flexibility index (Phi) is 6.50. The molecular formula is C24H34N2O2+2. The lowest BCUT2D eigenvalue weighted by Gasteiger charge is -2.32. The van der Waals surface area contributed by atoms with E-state index in [2.05, 4.69) is 30.3 Å².